The molecular weight excluding hydrogens is 328 g/mol. The molecule has 1 aromatic rings. The van der Waals surface area contributed by atoms with E-state index in [0.717, 1.165) is 32.2 Å². The first-order valence-corrected chi connectivity index (χ1v) is 8.80. The average molecular weight is 351 g/mol. The van der Waals surface area contributed by atoms with Crippen LogP contribution in [-0.4, -0.2) is 43.5 Å². The summed E-state index contributed by atoms with van der Waals surface area (Å²) in [7, 11) is 1.56. The lowest BCUT2D eigenvalue weighted by atomic mass is 9.73. The van der Waals surface area contributed by atoms with Crippen LogP contribution >= 0.6 is 11.6 Å². The number of nitrogens with one attached hydrogen (secondary N) is 1. The van der Waals surface area contributed by atoms with Crippen LogP contribution in [0.3, 0.4) is 0 Å². The molecule has 2 aliphatic heterocycles. The van der Waals surface area contributed by atoms with Gasteiger partial charge in [0.2, 0.25) is 5.91 Å². The summed E-state index contributed by atoms with van der Waals surface area (Å²) in [4.78, 5) is 26.3. The number of ether oxygens (including phenoxy) is 1. The molecule has 3 rings (SSSR count). The van der Waals surface area contributed by atoms with Gasteiger partial charge in [-0.15, -0.1) is 0 Å². The molecule has 2 amide bonds. The van der Waals surface area contributed by atoms with Crippen LogP contribution in [0.1, 0.15) is 42.5 Å². The summed E-state index contributed by atoms with van der Waals surface area (Å²) >= 11 is 6.04. The Bertz CT molecular complexity index is 639. The topological polar surface area (TPSA) is 58.6 Å². The molecule has 24 heavy (non-hydrogen) atoms. The number of hydrogen-bond acceptors (Lipinski definition) is 3. The predicted octanol–water partition coefficient (Wildman–Crippen LogP) is 2.87. The normalized spacial score (nSPS) is 20.4. The fraction of sp³-hybridized carbons (Fsp3) is 0.556. The maximum absolute atomic E-state index is 12.8. The Labute approximate surface area is 147 Å². The minimum absolute atomic E-state index is 0.0352. The van der Waals surface area contributed by atoms with Crippen molar-refractivity contribution >= 4 is 23.4 Å². The zero-order valence-electron chi connectivity index (χ0n) is 13.9. The van der Waals surface area contributed by atoms with Gasteiger partial charge >= 0.3 is 0 Å². The largest absolute Gasteiger partial charge is 0.496 e. The number of nitrogens with zero attached hydrogens (tertiary/aromatic N) is 1. The molecule has 130 valence electrons. The zero-order valence-corrected chi connectivity index (χ0v) is 14.7. The van der Waals surface area contributed by atoms with Crippen molar-refractivity contribution in [2.24, 2.45) is 5.41 Å². The fourth-order valence-electron chi connectivity index (χ4n) is 3.76. The van der Waals surface area contributed by atoms with E-state index < -0.39 is 0 Å². The lowest BCUT2D eigenvalue weighted by Gasteiger charge is -2.41. The smallest absolute Gasteiger partial charge is 0.257 e. The lowest BCUT2D eigenvalue weighted by molar-refractivity contribution is -0.121. The molecule has 0 unspecified atom stereocenters. The van der Waals surface area contributed by atoms with Crippen molar-refractivity contribution in [3.8, 4) is 5.75 Å². The van der Waals surface area contributed by atoms with Crippen molar-refractivity contribution in [1.82, 2.24) is 10.2 Å². The van der Waals surface area contributed by atoms with Crippen LogP contribution in [0.15, 0.2) is 18.2 Å². The van der Waals surface area contributed by atoms with E-state index in [1.165, 1.54) is 0 Å². The predicted molar refractivity (Wildman–Crippen MR) is 92.4 cm³/mol. The molecule has 0 aromatic heterocycles. The summed E-state index contributed by atoms with van der Waals surface area (Å²) < 4.78 is 5.30. The van der Waals surface area contributed by atoms with Crippen molar-refractivity contribution < 1.29 is 14.3 Å². The van der Waals surface area contributed by atoms with Gasteiger partial charge in [-0.2, -0.15) is 0 Å². The molecule has 0 radical (unpaired) electrons. The standard InChI is InChI=1S/C18H23ClN2O3/c1-24-15-3-2-13(19)12-14(15)17(23)21-10-7-18(8-11-21)5-4-16(22)20-9-6-18/h2-3,12H,4-11H2,1H3,(H,20,22). The van der Waals surface area contributed by atoms with Crippen LogP contribution < -0.4 is 10.1 Å². The Morgan fingerprint density at radius 3 is 2.71 bits per heavy atom. The first-order chi connectivity index (χ1) is 11.5. The number of likely N-dealkylation sites (tertiary alicyclic amines) is 1. The Balaban J connectivity index is 1.69. The molecule has 6 heteroatoms. The van der Waals surface area contributed by atoms with Crippen molar-refractivity contribution in [3.63, 3.8) is 0 Å². The lowest BCUT2D eigenvalue weighted by Crippen LogP contribution is -2.43. The molecule has 2 aliphatic rings. The Hall–Kier alpha value is -1.75. The highest BCUT2D eigenvalue weighted by molar-refractivity contribution is 6.31. The molecular formula is C18H23ClN2O3. The third kappa shape index (κ3) is 3.51. The fourth-order valence-corrected chi connectivity index (χ4v) is 3.93. The van der Waals surface area contributed by atoms with Gasteiger partial charge in [0, 0.05) is 31.1 Å². The first kappa shape index (κ1) is 17.1. The number of carbonyl (C=O) groups excluding carboxylic acids is 2. The van der Waals surface area contributed by atoms with Gasteiger partial charge in [-0.05, 0) is 49.3 Å². The quantitative estimate of drug-likeness (QED) is 0.892. The van der Waals surface area contributed by atoms with E-state index in [2.05, 4.69) is 5.32 Å². The summed E-state index contributed by atoms with van der Waals surface area (Å²) in [5, 5.41) is 3.48. The molecule has 0 bridgehead atoms. The number of rotatable bonds is 2. The molecule has 1 aromatic carbocycles. The molecule has 5 nitrogen and oxygen atoms in total. The summed E-state index contributed by atoms with van der Waals surface area (Å²) in [5.74, 6) is 0.662. The maximum atomic E-state index is 12.8. The van der Waals surface area contributed by atoms with E-state index in [9.17, 15) is 9.59 Å². The van der Waals surface area contributed by atoms with E-state index in [-0.39, 0.29) is 17.2 Å². The van der Waals surface area contributed by atoms with Gasteiger partial charge in [-0.3, -0.25) is 9.59 Å². The number of halogens is 1. The minimum atomic E-state index is -0.0352. The SMILES string of the molecule is COc1ccc(Cl)cc1C(=O)N1CCC2(CCNC(=O)CC2)CC1. The summed E-state index contributed by atoms with van der Waals surface area (Å²) in [6.07, 6.45) is 4.39. The number of hydrogen-bond donors (Lipinski definition) is 1. The highest BCUT2D eigenvalue weighted by atomic mass is 35.5. The summed E-state index contributed by atoms with van der Waals surface area (Å²) in [6.45, 7) is 2.17. The Morgan fingerprint density at radius 2 is 2.00 bits per heavy atom. The van der Waals surface area contributed by atoms with Crippen LogP contribution in [0.2, 0.25) is 5.02 Å². The summed E-state index contributed by atoms with van der Waals surface area (Å²) in [6, 6.07) is 5.11. The van der Waals surface area contributed by atoms with Gasteiger partial charge in [-0.25, -0.2) is 0 Å². The molecule has 1 spiro atoms. The van der Waals surface area contributed by atoms with Crippen molar-refractivity contribution in [2.75, 3.05) is 26.7 Å². The minimum Gasteiger partial charge on any atom is -0.496 e. The van der Waals surface area contributed by atoms with Crippen LogP contribution in [-0.2, 0) is 4.79 Å². The van der Waals surface area contributed by atoms with E-state index in [1.54, 1.807) is 25.3 Å². The third-order valence-electron chi connectivity index (χ3n) is 5.36. The molecule has 2 saturated heterocycles. The Kier molecular flexibility index (Phi) is 4.99. The van der Waals surface area contributed by atoms with E-state index in [0.29, 0.717) is 35.8 Å². The second-order valence-electron chi connectivity index (χ2n) is 6.74. The number of piperidine rings is 1. The van der Waals surface area contributed by atoms with E-state index in [1.807, 2.05) is 4.90 Å². The second kappa shape index (κ2) is 7.01. The van der Waals surface area contributed by atoms with E-state index >= 15 is 0 Å². The number of benzene rings is 1. The van der Waals surface area contributed by atoms with Crippen LogP contribution in [0.4, 0.5) is 0 Å². The van der Waals surface area contributed by atoms with Gasteiger partial charge in [0.05, 0.1) is 12.7 Å². The first-order valence-electron chi connectivity index (χ1n) is 8.43. The van der Waals surface area contributed by atoms with Gasteiger partial charge < -0.3 is 15.0 Å². The Morgan fingerprint density at radius 1 is 1.25 bits per heavy atom. The number of amides is 2. The average Bonchev–Trinajstić information content (AvgIpc) is 2.77. The molecule has 0 aliphatic carbocycles. The highest BCUT2D eigenvalue weighted by Gasteiger charge is 2.37. The maximum Gasteiger partial charge on any atom is 0.257 e. The van der Waals surface area contributed by atoms with Crippen LogP contribution in [0.25, 0.3) is 0 Å². The van der Waals surface area contributed by atoms with Crippen LogP contribution in [0, 0.1) is 5.41 Å². The van der Waals surface area contributed by atoms with Gasteiger partial charge in [0.25, 0.3) is 5.91 Å². The third-order valence-corrected chi connectivity index (χ3v) is 5.60. The van der Waals surface area contributed by atoms with Crippen LogP contribution in [0.5, 0.6) is 5.75 Å². The number of methoxy groups -OCH3 is 1. The van der Waals surface area contributed by atoms with Crippen molar-refractivity contribution in [2.45, 2.75) is 32.1 Å². The summed E-state index contributed by atoms with van der Waals surface area (Å²) in [5.41, 5.74) is 0.701. The van der Waals surface area contributed by atoms with Gasteiger partial charge in [-0.1, -0.05) is 11.6 Å². The zero-order chi connectivity index (χ0) is 17.2. The molecule has 1 N–H and O–H groups in total. The molecule has 2 fully saturated rings. The van der Waals surface area contributed by atoms with Crippen molar-refractivity contribution in [1.29, 1.82) is 0 Å². The second-order valence-corrected chi connectivity index (χ2v) is 7.17. The molecule has 2 heterocycles. The molecule has 0 saturated carbocycles. The monoisotopic (exact) mass is 350 g/mol. The number of carbonyl (C=O) groups is 2. The van der Waals surface area contributed by atoms with E-state index in [4.69, 9.17) is 16.3 Å². The molecule has 0 atom stereocenters. The van der Waals surface area contributed by atoms with Gasteiger partial charge in [0.15, 0.2) is 0 Å². The van der Waals surface area contributed by atoms with Gasteiger partial charge in [0.1, 0.15) is 5.75 Å². The highest BCUT2D eigenvalue weighted by Crippen LogP contribution is 2.40. The van der Waals surface area contributed by atoms with Crippen molar-refractivity contribution in [3.05, 3.63) is 28.8 Å².